The molecule has 1 aliphatic rings. The molecule has 0 spiro atoms. The average molecular weight is 582 g/mol. The topological polar surface area (TPSA) is 84.9 Å². The van der Waals surface area contributed by atoms with Gasteiger partial charge in [-0.3, -0.25) is 14.9 Å². The largest absolute Gasteiger partial charge is 0.493 e. The van der Waals surface area contributed by atoms with E-state index in [1.807, 2.05) is 24.3 Å². The minimum atomic E-state index is -0.873. The summed E-state index contributed by atoms with van der Waals surface area (Å²) in [4.78, 5) is 39.2. The van der Waals surface area contributed by atoms with Gasteiger partial charge in [0.25, 0.3) is 11.8 Å². The van der Waals surface area contributed by atoms with Crippen LogP contribution in [-0.4, -0.2) is 25.0 Å². The Morgan fingerprint density at radius 3 is 2.49 bits per heavy atom. The highest BCUT2D eigenvalue weighted by Crippen LogP contribution is 2.36. The Morgan fingerprint density at radius 2 is 1.81 bits per heavy atom. The minimum absolute atomic E-state index is 0.173. The van der Waals surface area contributed by atoms with Crippen LogP contribution in [0.25, 0.3) is 6.08 Å². The quantitative estimate of drug-likeness (QED) is 0.198. The van der Waals surface area contributed by atoms with Crippen LogP contribution < -0.4 is 19.7 Å². The third kappa shape index (κ3) is 5.76. The molecule has 1 aliphatic heterocycles. The summed E-state index contributed by atoms with van der Waals surface area (Å²) < 4.78 is 12.7. The van der Waals surface area contributed by atoms with Crippen LogP contribution in [0.1, 0.15) is 16.7 Å². The van der Waals surface area contributed by atoms with Crippen LogP contribution in [0.5, 0.6) is 11.5 Å². The van der Waals surface area contributed by atoms with E-state index in [1.54, 1.807) is 36.4 Å². The summed E-state index contributed by atoms with van der Waals surface area (Å²) >= 11 is 9.63. The molecule has 188 valence electrons. The molecule has 0 bridgehead atoms. The van der Waals surface area contributed by atoms with Gasteiger partial charge in [0, 0.05) is 10.0 Å². The van der Waals surface area contributed by atoms with Crippen LogP contribution in [0, 0.1) is 0 Å². The highest BCUT2D eigenvalue weighted by molar-refractivity contribution is 9.10. The fraction of sp³-hybridized carbons (Fsp3) is 0.107. The number of hydrogen-bond acceptors (Lipinski definition) is 5. The summed E-state index contributed by atoms with van der Waals surface area (Å²) in [5, 5.41) is 2.40. The van der Waals surface area contributed by atoms with Gasteiger partial charge in [-0.2, -0.15) is 0 Å². The molecule has 1 heterocycles. The van der Waals surface area contributed by atoms with Gasteiger partial charge in [-0.25, -0.2) is 9.69 Å². The van der Waals surface area contributed by atoms with E-state index in [-0.39, 0.29) is 16.3 Å². The molecule has 9 heteroatoms. The lowest BCUT2D eigenvalue weighted by atomic mass is 10.0. The second kappa shape index (κ2) is 11.5. The van der Waals surface area contributed by atoms with E-state index in [0.717, 1.165) is 20.5 Å². The molecule has 4 rings (SSSR count). The first-order chi connectivity index (χ1) is 17.8. The van der Waals surface area contributed by atoms with Crippen LogP contribution in [-0.2, 0) is 22.6 Å². The summed E-state index contributed by atoms with van der Waals surface area (Å²) in [6.07, 6.45) is 3.57. The molecule has 1 N–H and O–H groups in total. The number of ether oxygens (including phenoxy) is 2. The molecule has 0 radical (unpaired) electrons. The molecule has 3 aromatic carbocycles. The highest BCUT2D eigenvalue weighted by atomic mass is 79.9. The van der Waals surface area contributed by atoms with Gasteiger partial charge in [0.2, 0.25) is 0 Å². The Labute approximate surface area is 227 Å². The smallest absolute Gasteiger partial charge is 0.335 e. The van der Waals surface area contributed by atoms with Gasteiger partial charge in [0.15, 0.2) is 11.5 Å². The lowest BCUT2D eigenvalue weighted by Gasteiger charge is -2.27. The number of anilines is 1. The van der Waals surface area contributed by atoms with Crippen molar-refractivity contribution in [1.29, 1.82) is 0 Å². The van der Waals surface area contributed by atoms with Crippen molar-refractivity contribution in [2.24, 2.45) is 0 Å². The Bertz CT molecular complexity index is 1420. The number of halogens is 2. The number of para-hydroxylation sites is 1. The molecule has 1 fully saturated rings. The molecule has 0 unspecified atom stereocenters. The maximum Gasteiger partial charge on any atom is 0.335 e. The molecule has 37 heavy (non-hydrogen) atoms. The van der Waals surface area contributed by atoms with Gasteiger partial charge in [-0.15, -0.1) is 6.58 Å². The van der Waals surface area contributed by atoms with E-state index in [2.05, 4.69) is 27.8 Å². The van der Waals surface area contributed by atoms with E-state index < -0.39 is 17.8 Å². The summed E-state index contributed by atoms with van der Waals surface area (Å²) in [5.41, 5.74) is 2.17. The number of allylic oxidation sites excluding steroid dienone is 1. The Kier molecular flexibility index (Phi) is 8.11. The lowest BCUT2D eigenvalue weighted by Crippen LogP contribution is -2.54. The molecular formula is C28H22BrClN2O5. The zero-order valence-electron chi connectivity index (χ0n) is 19.8. The van der Waals surface area contributed by atoms with Crippen LogP contribution in [0.2, 0.25) is 5.02 Å². The third-order valence-electron chi connectivity index (χ3n) is 5.54. The van der Waals surface area contributed by atoms with Gasteiger partial charge in [-0.05, 0) is 60.0 Å². The molecule has 0 aliphatic carbocycles. The Balaban J connectivity index is 1.70. The highest BCUT2D eigenvalue weighted by Gasteiger charge is 2.37. The number of amides is 4. The monoisotopic (exact) mass is 580 g/mol. The van der Waals surface area contributed by atoms with Gasteiger partial charge >= 0.3 is 6.03 Å². The predicted molar refractivity (Wildman–Crippen MR) is 146 cm³/mol. The van der Waals surface area contributed by atoms with Crippen molar-refractivity contribution in [3.05, 3.63) is 105 Å². The van der Waals surface area contributed by atoms with Crippen LogP contribution in [0.4, 0.5) is 10.5 Å². The van der Waals surface area contributed by atoms with Crippen molar-refractivity contribution in [3.63, 3.8) is 0 Å². The van der Waals surface area contributed by atoms with Crippen LogP contribution >= 0.6 is 27.5 Å². The average Bonchev–Trinajstić information content (AvgIpc) is 2.88. The first-order valence-corrected chi connectivity index (χ1v) is 12.3. The first-order valence-electron chi connectivity index (χ1n) is 11.2. The second-order valence-corrected chi connectivity index (χ2v) is 9.35. The molecule has 0 saturated carbocycles. The lowest BCUT2D eigenvalue weighted by molar-refractivity contribution is -0.122. The summed E-state index contributed by atoms with van der Waals surface area (Å²) in [7, 11) is 1.51. The molecular weight excluding hydrogens is 560 g/mol. The Morgan fingerprint density at radius 1 is 1.08 bits per heavy atom. The summed E-state index contributed by atoms with van der Waals surface area (Å²) in [5.74, 6) is -0.648. The molecule has 7 nitrogen and oxygen atoms in total. The van der Waals surface area contributed by atoms with Gasteiger partial charge < -0.3 is 9.47 Å². The van der Waals surface area contributed by atoms with Crippen LogP contribution in [0.15, 0.2) is 83.4 Å². The molecule has 4 amide bonds. The van der Waals surface area contributed by atoms with Crippen molar-refractivity contribution >= 4 is 57.1 Å². The summed E-state index contributed by atoms with van der Waals surface area (Å²) in [6.45, 7) is 4.13. The van der Waals surface area contributed by atoms with E-state index in [4.69, 9.17) is 21.1 Å². The number of benzene rings is 3. The molecule has 0 atom stereocenters. The standard InChI is InChI=1S/C28H22BrClN2O5/c1-3-6-19-13-18(15-24(36-2)25(19)37-16-17-9-11-20(29)12-10-17)14-21-26(33)31-28(35)32(27(21)34)23-8-5-4-7-22(23)30/h3-5,7-15H,1,6,16H2,2H3,(H,31,33,35)/b21-14+. The zero-order chi connectivity index (χ0) is 26.5. The second-order valence-electron chi connectivity index (χ2n) is 8.03. The number of barbiturate groups is 1. The predicted octanol–water partition coefficient (Wildman–Crippen LogP) is 6.09. The maximum atomic E-state index is 13.3. The minimum Gasteiger partial charge on any atom is -0.493 e. The van der Waals surface area contributed by atoms with E-state index >= 15 is 0 Å². The number of methoxy groups -OCH3 is 1. The zero-order valence-corrected chi connectivity index (χ0v) is 22.1. The Hall–Kier alpha value is -3.88. The number of carbonyl (C=O) groups excluding carboxylic acids is 3. The number of nitrogens with one attached hydrogen (secondary N) is 1. The van der Waals surface area contributed by atoms with E-state index in [9.17, 15) is 14.4 Å². The van der Waals surface area contributed by atoms with Crippen molar-refractivity contribution in [1.82, 2.24) is 5.32 Å². The van der Waals surface area contributed by atoms with E-state index in [0.29, 0.717) is 30.1 Å². The number of nitrogens with zero attached hydrogens (tertiary/aromatic N) is 1. The fourth-order valence-electron chi connectivity index (χ4n) is 3.80. The first kappa shape index (κ1) is 26.2. The number of urea groups is 1. The van der Waals surface area contributed by atoms with Crippen molar-refractivity contribution in [2.75, 3.05) is 12.0 Å². The van der Waals surface area contributed by atoms with E-state index in [1.165, 1.54) is 19.3 Å². The SMILES string of the molecule is C=CCc1cc(/C=C2\C(=O)NC(=O)N(c3ccccc3Cl)C2=O)cc(OC)c1OCc1ccc(Br)cc1. The molecule has 3 aromatic rings. The van der Waals surface area contributed by atoms with Gasteiger partial charge in [0.05, 0.1) is 17.8 Å². The third-order valence-corrected chi connectivity index (χ3v) is 6.39. The van der Waals surface area contributed by atoms with Crippen LogP contribution in [0.3, 0.4) is 0 Å². The van der Waals surface area contributed by atoms with Crippen molar-refractivity contribution in [2.45, 2.75) is 13.0 Å². The number of imide groups is 2. The summed E-state index contributed by atoms with van der Waals surface area (Å²) in [6, 6.07) is 16.7. The number of carbonyl (C=O) groups is 3. The van der Waals surface area contributed by atoms with Gasteiger partial charge in [0.1, 0.15) is 12.2 Å². The van der Waals surface area contributed by atoms with Gasteiger partial charge in [-0.1, -0.05) is 57.9 Å². The molecule has 0 aromatic heterocycles. The normalized spacial score (nSPS) is 14.5. The van der Waals surface area contributed by atoms with Crippen molar-refractivity contribution in [3.8, 4) is 11.5 Å². The number of rotatable bonds is 8. The fourth-order valence-corrected chi connectivity index (χ4v) is 4.29. The maximum absolute atomic E-state index is 13.3. The number of hydrogen-bond donors (Lipinski definition) is 1. The van der Waals surface area contributed by atoms with Crippen molar-refractivity contribution < 1.29 is 23.9 Å². The molecule has 1 saturated heterocycles.